The maximum Gasteiger partial charge on any atom is 0.219 e. The summed E-state index contributed by atoms with van der Waals surface area (Å²) in [5.74, 6) is 0.124. The molecule has 0 radical (unpaired) electrons. The highest BCUT2D eigenvalue weighted by Gasteiger charge is 2.31. The van der Waals surface area contributed by atoms with E-state index >= 15 is 0 Å². The van der Waals surface area contributed by atoms with Gasteiger partial charge in [0.15, 0.2) is 0 Å². The second kappa shape index (κ2) is 7.29. The smallest absolute Gasteiger partial charge is 0.219 e. The van der Waals surface area contributed by atoms with Crippen LogP contribution in [-0.4, -0.2) is 41.9 Å². The van der Waals surface area contributed by atoms with Gasteiger partial charge in [0.05, 0.1) is 23.6 Å². The van der Waals surface area contributed by atoms with Gasteiger partial charge in [-0.25, -0.2) is 0 Å². The molecule has 0 bridgehead atoms. The van der Waals surface area contributed by atoms with Gasteiger partial charge in [-0.05, 0) is 30.7 Å². The lowest BCUT2D eigenvalue weighted by atomic mass is 9.92. The Labute approximate surface area is 186 Å². The summed E-state index contributed by atoms with van der Waals surface area (Å²) in [5.41, 5.74) is 6.50. The SMILES string of the molecule is CC(=O)N1CCc2c(c(-c3cccc4cc(-c5cnn(C)c5)ncc34)nn2C2CCC2)C1. The van der Waals surface area contributed by atoms with Crippen LogP contribution in [-0.2, 0) is 24.8 Å². The summed E-state index contributed by atoms with van der Waals surface area (Å²) >= 11 is 0. The van der Waals surface area contributed by atoms with Gasteiger partial charge >= 0.3 is 0 Å². The Kier molecular flexibility index (Phi) is 4.38. The average Bonchev–Trinajstić information content (AvgIpc) is 3.35. The molecule has 0 unspecified atom stereocenters. The van der Waals surface area contributed by atoms with E-state index in [2.05, 4.69) is 34.0 Å². The molecule has 3 aromatic heterocycles. The van der Waals surface area contributed by atoms with E-state index in [9.17, 15) is 4.79 Å². The molecule has 1 amide bonds. The summed E-state index contributed by atoms with van der Waals surface area (Å²) in [6, 6.07) is 8.95. The predicted octanol–water partition coefficient (Wildman–Crippen LogP) is 4.13. The molecule has 0 spiro atoms. The summed E-state index contributed by atoms with van der Waals surface area (Å²) in [7, 11) is 1.91. The second-order valence-electron chi connectivity index (χ2n) is 8.99. The highest BCUT2D eigenvalue weighted by atomic mass is 16.2. The maximum absolute atomic E-state index is 12.1. The maximum atomic E-state index is 12.1. The summed E-state index contributed by atoms with van der Waals surface area (Å²) in [5, 5.41) is 11.6. The first-order chi connectivity index (χ1) is 15.6. The van der Waals surface area contributed by atoms with Crippen LogP contribution in [0.4, 0.5) is 0 Å². The number of rotatable bonds is 3. The molecule has 1 aliphatic carbocycles. The molecule has 32 heavy (non-hydrogen) atoms. The third kappa shape index (κ3) is 3.03. The van der Waals surface area contributed by atoms with E-state index in [0.29, 0.717) is 12.6 Å². The quantitative estimate of drug-likeness (QED) is 0.494. The van der Waals surface area contributed by atoms with Crippen molar-refractivity contribution >= 4 is 16.7 Å². The van der Waals surface area contributed by atoms with Gasteiger partial charge in [-0.2, -0.15) is 10.2 Å². The second-order valence-corrected chi connectivity index (χ2v) is 8.99. The number of nitrogens with zero attached hydrogens (tertiary/aromatic N) is 6. The van der Waals surface area contributed by atoms with Crippen LogP contribution >= 0.6 is 0 Å². The molecular weight excluding hydrogens is 400 g/mol. The molecule has 162 valence electrons. The number of hydrogen-bond acceptors (Lipinski definition) is 4. The van der Waals surface area contributed by atoms with Crippen molar-refractivity contribution in [1.29, 1.82) is 0 Å². The third-order valence-electron chi connectivity index (χ3n) is 6.97. The van der Waals surface area contributed by atoms with E-state index in [1.807, 2.05) is 30.5 Å². The number of aryl methyl sites for hydroxylation is 1. The van der Waals surface area contributed by atoms with Gasteiger partial charge in [0.25, 0.3) is 0 Å². The van der Waals surface area contributed by atoms with Crippen molar-refractivity contribution in [2.75, 3.05) is 6.54 Å². The fourth-order valence-electron chi connectivity index (χ4n) is 4.95. The number of fused-ring (bicyclic) bond motifs is 2. The molecule has 1 aromatic carbocycles. The van der Waals surface area contributed by atoms with Crippen molar-refractivity contribution < 1.29 is 4.79 Å². The molecule has 2 aliphatic rings. The van der Waals surface area contributed by atoms with E-state index in [1.54, 1.807) is 11.6 Å². The van der Waals surface area contributed by atoms with Gasteiger partial charge in [-0.1, -0.05) is 18.2 Å². The normalized spacial score (nSPS) is 16.2. The number of benzene rings is 1. The largest absolute Gasteiger partial charge is 0.338 e. The van der Waals surface area contributed by atoms with Crippen LogP contribution in [0.5, 0.6) is 0 Å². The predicted molar refractivity (Wildman–Crippen MR) is 123 cm³/mol. The van der Waals surface area contributed by atoms with Gasteiger partial charge < -0.3 is 4.90 Å². The summed E-state index contributed by atoms with van der Waals surface area (Å²) in [4.78, 5) is 18.8. The number of pyridine rings is 1. The van der Waals surface area contributed by atoms with Crippen molar-refractivity contribution in [3.8, 4) is 22.5 Å². The molecule has 0 saturated heterocycles. The Morgan fingerprint density at radius 1 is 1.19 bits per heavy atom. The first-order valence-electron chi connectivity index (χ1n) is 11.3. The van der Waals surface area contributed by atoms with E-state index < -0.39 is 0 Å². The molecule has 0 atom stereocenters. The zero-order chi connectivity index (χ0) is 21.8. The number of carbonyl (C=O) groups excluding carboxylic acids is 1. The van der Waals surface area contributed by atoms with Gasteiger partial charge in [-0.3, -0.25) is 19.1 Å². The number of amides is 1. The Morgan fingerprint density at radius 3 is 2.78 bits per heavy atom. The minimum Gasteiger partial charge on any atom is -0.338 e. The van der Waals surface area contributed by atoms with Crippen LogP contribution < -0.4 is 0 Å². The van der Waals surface area contributed by atoms with Crippen LogP contribution in [0, 0.1) is 0 Å². The Balaban J connectivity index is 1.49. The lowest BCUT2D eigenvalue weighted by Crippen LogP contribution is -2.35. The minimum atomic E-state index is 0.124. The summed E-state index contributed by atoms with van der Waals surface area (Å²) in [6.45, 7) is 3.05. The molecule has 1 saturated carbocycles. The topological polar surface area (TPSA) is 68.8 Å². The van der Waals surface area contributed by atoms with Crippen LogP contribution in [0.3, 0.4) is 0 Å². The van der Waals surface area contributed by atoms with Crippen molar-refractivity contribution in [2.45, 2.75) is 45.2 Å². The molecular formula is C25H26N6O. The van der Waals surface area contributed by atoms with Crippen LogP contribution in [0.15, 0.2) is 42.9 Å². The summed E-state index contributed by atoms with van der Waals surface area (Å²) < 4.78 is 4.06. The van der Waals surface area contributed by atoms with Gasteiger partial charge in [0, 0.05) is 73.6 Å². The first kappa shape index (κ1) is 19.2. The molecule has 0 N–H and O–H groups in total. The molecule has 7 nitrogen and oxygen atoms in total. The van der Waals surface area contributed by atoms with Crippen molar-refractivity contribution in [3.63, 3.8) is 0 Å². The van der Waals surface area contributed by atoms with E-state index in [0.717, 1.165) is 46.3 Å². The Morgan fingerprint density at radius 2 is 2.06 bits per heavy atom. The van der Waals surface area contributed by atoms with E-state index in [1.165, 1.54) is 30.5 Å². The Bertz CT molecular complexity index is 1350. The molecule has 4 heterocycles. The zero-order valence-electron chi connectivity index (χ0n) is 18.5. The average molecular weight is 427 g/mol. The lowest BCUT2D eigenvalue weighted by Gasteiger charge is -2.31. The molecule has 6 rings (SSSR count). The van der Waals surface area contributed by atoms with Gasteiger partial charge in [-0.15, -0.1) is 0 Å². The highest BCUT2D eigenvalue weighted by Crippen LogP contribution is 2.39. The van der Waals surface area contributed by atoms with Crippen molar-refractivity contribution in [3.05, 3.63) is 54.1 Å². The van der Waals surface area contributed by atoms with Crippen molar-refractivity contribution in [1.82, 2.24) is 29.4 Å². The van der Waals surface area contributed by atoms with E-state index in [4.69, 9.17) is 10.1 Å². The van der Waals surface area contributed by atoms with Crippen LogP contribution in [0.2, 0.25) is 0 Å². The van der Waals surface area contributed by atoms with Gasteiger partial charge in [0.1, 0.15) is 0 Å². The zero-order valence-corrected chi connectivity index (χ0v) is 18.5. The fraction of sp³-hybridized carbons (Fsp3) is 0.360. The van der Waals surface area contributed by atoms with Gasteiger partial charge in [0.2, 0.25) is 5.91 Å². The Hall–Kier alpha value is -3.48. The molecule has 1 aliphatic heterocycles. The third-order valence-corrected chi connectivity index (χ3v) is 6.97. The highest BCUT2D eigenvalue weighted by molar-refractivity contribution is 5.97. The fourth-order valence-corrected chi connectivity index (χ4v) is 4.95. The standard InChI is InChI=1S/C25H26N6O/c1-16(32)30-10-9-24-22(15-30)25(28-31(24)19-6-4-7-19)20-8-3-5-17-11-23(26-13-21(17)20)18-12-27-29(2)14-18/h3,5,8,11-14,19H,4,6-7,9-10,15H2,1-2H3. The molecule has 1 fully saturated rings. The lowest BCUT2D eigenvalue weighted by molar-refractivity contribution is -0.129. The summed E-state index contributed by atoms with van der Waals surface area (Å²) in [6.07, 6.45) is 10.3. The van der Waals surface area contributed by atoms with Crippen LogP contribution in [0.1, 0.15) is 43.5 Å². The molecule has 4 aromatic rings. The monoisotopic (exact) mass is 426 g/mol. The van der Waals surface area contributed by atoms with E-state index in [-0.39, 0.29) is 5.91 Å². The number of hydrogen-bond donors (Lipinski definition) is 0. The number of carbonyl (C=O) groups is 1. The molecule has 7 heteroatoms. The van der Waals surface area contributed by atoms with Crippen molar-refractivity contribution in [2.24, 2.45) is 7.05 Å². The minimum absolute atomic E-state index is 0.124. The number of aromatic nitrogens is 5. The van der Waals surface area contributed by atoms with Crippen LogP contribution in [0.25, 0.3) is 33.3 Å². The first-order valence-corrected chi connectivity index (χ1v) is 11.3.